The highest BCUT2D eigenvalue weighted by atomic mass is 16.6. The van der Waals surface area contributed by atoms with Crippen LogP contribution in [0.3, 0.4) is 0 Å². The highest BCUT2D eigenvalue weighted by Crippen LogP contribution is 2.17. The van der Waals surface area contributed by atoms with Gasteiger partial charge in [0.05, 0.1) is 0 Å². The highest BCUT2D eigenvalue weighted by Gasteiger charge is 2.19. The number of hydrogen-bond donors (Lipinski definition) is 0. The van der Waals surface area contributed by atoms with Gasteiger partial charge in [0.1, 0.15) is 13.2 Å². The van der Waals surface area contributed by atoms with E-state index in [4.69, 9.17) is 14.2 Å². The van der Waals surface area contributed by atoms with Crippen molar-refractivity contribution < 1.29 is 28.6 Å². The van der Waals surface area contributed by atoms with Crippen LogP contribution in [0.4, 0.5) is 0 Å². The molecule has 0 spiro atoms. The lowest BCUT2D eigenvalue weighted by Crippen LogP contribution is -2.30. The summed E-state index contributed by atoms with van der Waals surface area (Å²) in [5.41, 5.74) is 0. The minimum Gasteiger partial charge on any atom is -0.462 e. The SMILES string of the molecule is CCC/C=C\CCCCCCCC(=O)OCC(COC(=O)CCCCCCCCCCCCCCCCCCCCCCCCC)OC(=O)CCCCCCC/C=C\CCCC. The van der Waals surface area contributed by atoms with Crippen molar-refractivity contribution in [3.05, 3.63) is 24.3 Å². The van der Waals surface area contributed by atoms with E-state index in [1.54, 1.807) is 0 Å². The molecule has 0 fully saturated rings. The normalized spacial score (nSPS) is 12.1. The molecule has 0 aliphatic carbocycles. The molecule has 0 heterocycles. The van der Waals surface area contributed by atoms with Crippen LogP contribution in [0.5, 0.6) is 0 Å². The van der Waals surface area contributed by atoms with Gasteiger partial charge in [0.2, 0.25) is 0 Å². The summed E-state index contributed by atoms with van der Waals surface area (Å²) in [5, 5.41) is 0. The summed E-state index contributed by atoms with van der Waals surface area (Å²) in [7, 11) is 0. The first-order chi connectivity index (χ1) is 30.5. The Morgan fingerprint density at radius 3 is 0.919 bits per heavy atom. The molecule has 364 valence electrons. The summed E-state index contributed by atoms with van der Waals surface area (Å²) < 4.78 is 16.8. The predicted molar refractivity (Wildman–Crippen MR) is 266 cm³/mol. The summed E-state index contributed by atoms with van der Waals surface area (Å²) in [5.74, 6) is -0.882. The van der Waals surface area contributed by atoms with Gasteiger partial charge < -0.3 is 14.2 Å². The summed E-state index contributed by atoms with van der Waals surface area (Å²) in [6.45, 7) is 6.56. The molecule has 1 atom stereocenters. The second-order valence-corrected chi connectivity index (χ2v) is 18.5. The molecule has 0 bridgehead atoms. The van der Waals surface area contributed by atoms with Gasteiger partial charge in [-0.25, -0.2) is 0 Å². The third-order valence-electron chi connectivity index (χ3n) is 12.2. The summed E-state index contributed by atoms with van der Waals surface area (Å²) in [4.78, 5) is 37.9. The lowest BCUT2D eigenvalue weighted by Gasteiger charge is -2.18. The average molecular weight is 873 g/mol. The molecule has 0 aliphatic rings. The zero-order valence-electron chi connectivity index (χ0n) is 41.7. The minimum atomic E-state index is -0.773. The van der Waals surface area contributed by atoms with Gasteiger partial charge in [0.25, 0.3) is 0 Å². The van der Waals surface area contributed by atoms with Crippen molar-refractivity contribution in [3.8, 4) is 0 Å². The lowest BCUT2D eigenvalue weighted by molar-refractivity contribution is -0.167. The molecule has 0 saturated carbocycles. The third kappa shape index (κ3) is 48.9. The van der Waals surface area contributed by atoms with E-state index >= 15 is 0 Å². The molecule has 0 aliphatic heterocycles. The molecule has 0 amide bonds. The van der Waals surface area contributed by atoms with E-state index in [2.05, 4.69) is 45.1 Å². The third-order valence-corrected chi connectivity index (χ3v) is 12.2. The van der Waals surface area contributed by atoms with Crippen LogP contribution in [-0.4, -0.2) is 37.2 Å². The van der Waals surface area contributed by atoms with Crippen LogP contribution >= 0.6 is 0 Å². The van der Waals surface area contributed by atoms with E-state index < -0.39 is 6.10 Å². The Morgan fingerprint density at radius 1 is 0.306 bits per heavy atom. The van der Waals surface area contributed by atoms with Crippen LogP contribution in [0, 0.1) is 0 Å². The van der Waals surface area contributed by atoms with Crippen LogP contribution in [0.25, 0.3) is 0 Å². The molecule has 0 aromatic rings. The molecule has 0 aromatic heterocycles. The topological polar surface area (TPSA) is 78.9 Å². The van der Waals surface area contributed by atoms with Gasteiger partial charge in [-0.2, -0.15) is 0 Å². The fourth-order valence-corrected chi connectivity index (χ4v) is 8.02. The van der Waals surface area contributed by atoms with Crippen molar-refractivity contribution in [2.24, 2.45) is 0 Å². The van der Waals surface area contributed by atoms with Gasteiger partial charge in [0.15, 0.2) is 6.10 Å². The second-order valence-electron chi connectivity index (χ2n) is 18.5. The van der Waals surface area contributed by atoms with E-state index in [9.17, 15) is 14.4 Å². The van der Waals surface area contributed by atoms with Crippen LogP contribution in [0.15, 0.2) is 24.3 Å². The van der Waals surface area contributed by atoms with Crippen molar-refractivity contribution in [1.82, 2.24) is 0 Å². The largest absolute Gasteiger partial charge is 0.462 e. The first-order valence-electron chi connectivity index (χ1n) is 27.3. The van der Waals surface area contributed by atoms with Gasteiger partial charge in [0, 0.05) is 19.3 Å². The molecular formula is C56H104O6. The van der Waals surface area contributed by atoms with Gasteiger partial charge >= 0.3 is 17.9 Å². The van der Waals surface area contributed by atoms with Gasteiger partial charge in [-0.1, -0.05) is 244 Å². The number of carbonyl (C=O) groups is 3. The summed E-state index contributed by atoms with van der Waals surface area (Å²) in [6, 6.07) is 0. The minimum absolute atomic E-state index is 0.0737. The summed E-state index contributed by atoms with van der Waals surface area (Å²) in [6.07, 6.45) is 59.0. The van der Waals surface area contributed by atoms with Crippen LogP contribution in [0.1, 0.15) is 297 Å². The quantitative estimate of drug-likeness (QED) is 0.0262. The van der Waals surface area contributed by atoms with Crippen LogP contribution in [0.2, 0.25) is 0 Å². The Labute approximate surface area is 385 Å². The number of allylic oxidation sites excluding steroid dienone is 4. The molecule has 62 heavy (non-hydrogen) atoms. The smallest absolute Gasteiger partial charge is 0.306 e. The first kappa shape index (κ1) is 59.9. The highest BCUT2D eigenvalue weighted by molar-refractivity contribution is 5.71. The number of carbonyl (C=O) groups excluding carboxylic acids is 3. The molecule has 0 aromatic carbocycles. The molecule has 0 N–H and O–H groups in total. The Morgan fingerprint density at radius 2 is 0.581 bits per heavy atom. The Balaban J connectivity index is 4.15. The van der Waals surface area contributed by atoms with Gasteiger partial charge in [-0.05, 0) is 57.8 Å². The number of esters is 3. The lowest BCUT2D eigenvalue weighted by atomic mass is 10.0. The van der Waals surface area contributed by atoms with Crippen LogP contribution in [-0.2, 0) is 28.6 Å². The van der Waals surface area contributed by atoms with Crippen molar-refractivity contribution in [2.45, 2.75) is 303 Å². The summed E-state index contributed by atoms with van der Waals surface area (Å²) >= 11 is 0. The van der Waals surface area contributed by atoms with E-state index in [-0.39, 0.29) is 31.1 Å². The van der Waals surface area contributed by atoms with E-state index in [0.717, 1.165) is 83.5 Å². The maximum Gasteiger partial charge on any atom is 0.306 e. The maximum atomic E-state index is 12.7. The van der Waals surface area contributed by atoms with Crippen molar-refractivity contribution in [1.29, 1.82) is 0 Å². The number of unbranched alkanes of at least 4 members (excludes halogenated alkanes) is 35. The predicted octanol–water partition coefficient (Wildman–Crippen LogP) is 17.9. The monoisotopic (exact) mass is 873 g/mol. The van der Waals surface area contributed by atoms with Crippen molar-refractivity contribution in [3.63, 3.8) is 0 Å². The van der Waals surface area contributed by atoms with Crippen molar-refractivity contribution >= 4 is 17.9 Å². The van der Waals surface area contributed by atoms with Crippen molar-refractivity contribution in [2.75, 3.05) is 13.2 Å². The second kappa shape index (κ2) is 51.5. The number of rotatable bonds is 50. The van der Waals surface area contributed by atoms with E-state index in [0.29, 0.717) is 19.3 Å². The maximum absolute atomic E-state index is 12.7. The number of hydrogen-bond acceptors (Lipinski definition) is 6. The molecular weight excluding hydrogens is 769 g/mol. The van der Waals surface area contributed by atoms with Gasteiger partial charge in [-0.3, -0.25) is 14.4 Å². The first-order valence-corrected chi connectivity index (χ1v) is 27.3. The molecule has 6 nitrogen and oxygen atoms in total. The average Bonchev–Trinajstić information content (AvgIpc) is 3.27. The standard InChI is InChI=1S/C56H104O6/c1-4-7-10-13-16-19-22-23-24-25-26-27-28-29-30-31-32-33-35-37-40-43-46-49-55(58)61-52-53(51-60-54(57)48-45-42-39-36-21-18-15-12-9-6-3)62-56(59)50-47-44-41-38-34-20-17-14-11-8-5-2/h12,14-15,17,53H,4-11,13,16,18-52H2,1-3H3/b15-12-,17-14-. The Hall–Kier alpha value is -2.11. The molecule has 6 heteroatoms. The molecule has 0 radical (unpaired) electrons. The molecule has 0 rings (SSSR count). The van der Waals surface area contributed by atoms with Gasteiger partial charge in [-0.15, -0.1) is 0 Å². The fraction of sp³-hybridized carbons (Fsp3) is 0.875. The fourth-order valence-electron chi connectivity index (χ4n) is 8.02. The van der Waals surface area contributed by atoms with E-state index in [1.807, 2.05) is 0 Å². The Kier molecular flexibility index (Phi) is 49.8. The zero-order valence-corrected chi connectivity index (χ0v) is 41.7. The Bertz CT molecular complexity index is 1000. The number of ether oxygens (including phenoxy) is 3. The van der Waals surface area contributed by atoms with Crippen LogP contribution < -0.4 is 0 Å². The zero-order chi connectivity index (χ0) is 45.1. The molecule has 0 saturated heterocycles. The molecule has 1 unspecified atom stereocenters. The van der Waals surface area contributed by atoms with E-state index in [1.165, 1.54) is 173 Å².